The lowest BCUT2D eigenvalue weighted by Gasteiger charge is -2.29. The van der Waals surface area contributed by atoms with Crippen molar-refractivity contribution >= 4 is 22.7 Å². The van der Waals surface area contributed by atoms with Gasteiger partial charge in [0.1, 0.15) is 5.82 Å². The van der Waals surface area contributed by atoms with Crippen LogP contribution in [0.3, 0.4) is 0 Å². The third-order valence-electron chi connectivity index (χ3n) is 7.02. The minimum absolute atomic E-state index is 0.418. The number of nitrogens with one attached hydrogen (secondary N) is 2. The second-order valence-electron chi connectivity index (χ2n) is 9.60. The molecular formula is C28H39N5O3. The minimum atomic E-state index is 0.418. The summed E-state index contributed by atoms with van der Waals surface area (Å²) in [5, 5.41) is 8.27. The number of fused-ring (bicyclic) bond motifs is 1. The fraction of sp³-hybridized carbons (Fsp3) is 0.500. The molecule has 8 heteroatoms. The molecule has 1 aliphatic rings. The molecule has 1 aromatic heterocycles. The van der Waals surface area contributed by atoms with Crippen molar-refractivity contribution in [3.63, 3.8) is 0 Å². The Morgan fingerprint density at radius 2 is 1.64 bits per heavy atom. The molecule has 1 saturated carbocycles. The molecule has 0 radical (unpaired) electrons. The second-order valence-corrected chi connectivity index (χ2v) is 9.60. The van der Waals surface area contributed by atoms with Crippen LogP contribution in [0.25, 0.3) is 10.9 Å². The summed E-state index contributed by atoms with van der Waals surface area (Å²) in [6.45, 7) is 1.70. The van der Waals surface area contributed by atoms with Gasteiger partial charge < -0.3 is 29.7 Å². The highest BCUT2D eigenvalue weighted by molar-refractivity contribution is 5.90. The molecule has 0 amide bonds. The number of benzene rings is 2. The molecular weight excluding hydrogens is 454 g/mol. The standard InChI is InChI=1S/C28H39N5O3/c1-33(2)27-22-8-6-7-9-23(22)31-28(32-27)30-21-13-10-19(11-14-21)16-17-29-18-20-12-15-24(34-3)26(36-5)25(20)35-4/h6-9,12,15,19,21,29H,10-11,13-14,16-18H2,1-5H3,(H,30,31,32)/t19-,21+. The largest absolute Gasteiger partial charge is 0.493 e. The fourth-order valence-electron chi connectivity index (χ4n) is 5.07. The number of aromatic nitrogens is 2. The monoisotopic (exact) mass is 493 g/mol. The molecule has 0 unspecified atom stereocenters. The number of rotatable bonds is 11. The highest BCUT2D eigenvalue weighted by atomic mass is 16.5. The quantitative estimate of drug-likeness (QED) is 0.366. The van der Waals surface area contributed by atoms with Crippen molar-refractivity contribution in [1.82, 2.24) is 15.3 Å². The summed E-state index contributed by atoms with van der Waals surface area (Å²) in [6.07, 6.45) is 5.88. The van der Waals surface area contributed by atoms with Gasteiger partial charge in [-0.2, -0.15) is 4.98 Å². The zero-order chi connectivity index (χ0) is 25.5. The van der Waals surface area contributed by atoms with Crippen molar-refractivity contribution in [2.45, 2.75) is 44.7 Å². The van der Waals surface area contributed by atoms with Crippen molar-refractivity contribution < 1.29 is 14.2 Å². The third kappa shape index (κ3) is 5.93. The molecule has 1 aliphatic carbocycles. The summed E-state index contributed by atoms with van der Waals surface area (Å²) in [5.41, 5.74) is 2.04. The summed E-state index contributed by atoms with van der Waals surface area (Å²) >= 11 is 0. The molecule has 2 N–H and O–H groups in total. The normalized spacial score (nSPS) is 17.6. The Kier molecular flexibility index (Phi) is 8.70. The summed E-state index contributed by atoms with van der Waals surface area (Å²) < 4.78 is 16.5. The molecule has 1 heterocycles. The molecule has 0 bridgehead atoms. The van der Waals surface area contributed by atoms with E-state index >= 15 is 0 Å². The van der Waals surface area contributed by atoms with E-state index in [4.69, 9.17) is 24.2 Å². The van der Waals surface area contributed by atoms with Gasteiger partial charge in [0.05, 0.1) is 26.8 Å². The van der Waals surface area contributed by atoms with Gasteiger partial charge in [-0.1, -0.05) is 18.2 Å². The Balaban J connectivity index is 1.25. The van der Waals surface area contributed by atoms with Crippen LogP contribution in [0.5, 0.6) is 17.2 Å². The van der Waals surface area contributed by atoms with Gasteiger partial charge in [0, 0.05) is 37.6 Å². The Hall–Kier alpha value is -3.26. The predicted octanol–water partition coefficient (Wildman–Crippen LogP) is 4.87. The Morgan fingerprint density at radius 1 is 0.889 bits per heavy atom. The Labute approximate surface area is 214 Å². The SMILES string of the molecule is COc1ccc(CNCC[C@H]2CC[C@@H](Nc3nc(N(C)C)c4ccccc4n3)CC2)c(OC)c1OC. The topological polar surface area (TPSA) is 80.8 Å². The maximum atomic E-state index is 5.60. The third-order valence-corrected chi connectivity index (χ3v) is 7.02. The number of ether oxygens (including phenoxy) is 3. The van der Waals surface area contributed by atoms with Crippen molar-refractivity contribution in [3.8, 4) is 17.2 Å². The number of anilines is 2. The summed E-state index contributed by atoms with van der Waals surface area (Å²) in [7, 11) is 8.99. The van der Waals surface area contributed by atoms with E-state index in [0.29, 0.717) is 17.5 Å². The summed E-state index contributed by atoms with van der Waals surface area (Å²) in [5.74, 6) is 4.45. The highest BCUT2D eigenvalue weighted by Crippen LogP contribution is 2.39. The van der Waals surface area contributed by atoms with E-state index in [1.54, 1.807) is 21.3 Å². The van der Waals surface area contributed by atoms with E-state index in [-0.39, 0.29) is 0 Å². The van der Waals surface area contributed by atoms with Crippen molar-refractivity contribution in [3.05, 3.63) is 42.0 Å². The molecule has 2 aromatic carbocycles. The zero-order valence-electron chi connectivity index (χ0n) is 22.1. The van der Waals surface area contributed by atoms with E-state index in [9.17, 15) is 0 Å². The second kappa shape index (κ2) is 12.1. The summed E-state index contributed by atoms with van der Waals surface area (Å²) in [6, 6.07) is 12.6. The van der Waals surface area contributed by atoms with Crippen LogP contribution < -0.4 is 29.7 Å². The average molecular weight is 494 g/mol. The highest BCUT2D eigenvalue weighted by Gasteiger charge is 2.22. The number of methoxy groups -OCH3 is 3. The van der Waals surface area contributed by atoms with Gasteiger partial charge in [-0.25, -0.2) is 4.98 Å². The van der Waals surface area contributed by atoms with Crippen LogP contribution in [0.4, 0.5) is 11.8 Å². The molecule has 3 aromatic rings. The number of hydrogen-bond acceptors (Lipinski definition) is 8. The van der Waals surface area contributed by atoms with E-state index < -0.39 is 0 Å². The molecule has 1 fully saturated rings. The lowest BCUT2D eigenvalue weighted by molar-refractivity contribution is 0.313. The van der Waals surface area contributed by atoms with Gasteiger partial charge in [-0.15, -0.1) is 0 Å². The first-order valence-electron chi connectivity index (χ1n) is 12.7. The number of hydrogen-bond donors (Lipinski definition) is 2. The van der Waals surface area contributed by atoms with E-state index in [1.165, 1.54) is 19.3 Å². The van der Waals surface area contributed by atoms with Crippen molar-refractivity contribution in [2.75, 3.05) is 52.2 Å². The van der Waals surface area contributed by atoms with Crippen LogP contribution in [0.2, 0.25) is 0 Å². The lowest BCUT2D eigenvalue weighted by Crippen LogP contribution is -2.28. The first kappa shape index (κ1) is 25.8. The predicted molar refractivity (Wildman–Crippen MR) is 146 cm³/mol. The lowest BCUT2D eigenvalue weighted by atomic mass is 9.84. The van der Waals surface area contributed by atoms with Crippen LogP contribution in [0.15, 0.2) is 36.4 Å². The molecule has 0 saturated heterocycles. The maximum absolute atomic E-state index is 5.60. The van der Waals surface area contributed by atoms with Gasteiger partial charge >= 0.3 is 0 Å². The van der Waals surface area contributed by atoms with E-state index in [1.807, 2.05) is 38.4 Å². The molecule has 0 spiro atoms. The Bertz CT molecular complexity index is 1150. The number of nitrogens with zero attached hydrogens (tertiary/aromatic N) is 3. The zero-order valence-corrected chi connectivity index (χ0v) is 22.1. The molecule has 194 valence electrons. The van der Waals surface area contributed by atoms with Crippen LogP contribution in [-0.4, -0.2) is 58.0 Å². The first-order chi connectivity index (χ1) is 17.5. The van der Waals surface area contributed by atoms with Crippen LogP contribution >= 0.6 is 0 Å². The molecule has 8 nitrogen and oxygen atoms in total. The van der Waals surface area contributed by atoms with Gasteiger partial charge in [0.15, 0.2) is 11.5 Å². The van der Waals surface area contributed by atoms with E-state index in [2.05, 4.69) is 27.7 Å². The van der Waals surface area contributed by atoms with Gasteiger partial charge in [0.25, 0.3) is 0 Å². The molecule has 4 rings (SSSR count). The molecule has 0 atom stereocenters. The molecule has 36 heavy (non-hydrogen) atoms. The number of para-hydroxylation sites is 1. The maximum Gasteiger partial charge on any atom is 0.225 e. The van der Waals surface area contributed by atoms with Crippen molar-refractivity contribution in [1.29, 1.82) is 0 Å². The summed E-state index contributed by atoms with van der Waals surface area (Å²) in [4.78, 5) is 11.6. The van der Waals surface area contributed by atoms with Crippen LogP contribution in [0.1, 0.15) is 37.7 Å². The Morgan fingerprint density at radius 3 is 2.33 bits per heavy atom. The molecule has 0 aliphatic heterocycles. The van der Waals surface area contributed by atoms with Gasteiger partial charge in [-0.05, 0) is 62.8 Å². The first-order valence-corrected chi connectivity index (χ1v) is 12.7. The van der Waals surface area contributed by atoms with Crippen molar-refractivity contribution in [2.24, 2.45) is 5.92 Å². The van der Waals surface area contributed by atoms with Crippen LogP contribution in [0, 0.1) is 5.92 Å². The van der Waals surface area contributed by atoms with Gasteiger partial charge in [-0.3, -0.25) is 0 Å². The van der Waals surface area contributed by atoms with E-state index in [0.717, 1.165) is 65.8 Å². The fourth-order valence-corrected chi connectivity index (χ4v) is 5.07. The van der Waals surface area contributed by atoms with Crippen LogP contribution in [-0.2, 0) is 6.54 Å². The van der Waals surface area contributed by atoms with Gasteiger partial charge in [0.2, 0.25) is 11.7 Å². The average Bonchev–Trinajstić information content (AvgIpc) is 2.90. The smallest absolute Gasteiger partial charge is 0.225 e. The minimum Gasteiger partial charge on any atom is -0.493 e.